The van der Waals surface area contributed by atoms with Crippen LogP contribution in [0.3, 0.4) is 0 Å². The number of nitrogens with one attached hydrogen (secondary N) is 2. The smallest absolute Gasteiger partial charge is 0.254 e. The maximum atomic E-state index is 14.2. The molecule has 0 saturated heterocycles. The first-order valence-corrected chi connectivity index (χ1v) is 10.6. The Kier molecular flexibility index (Phi) is 6.94. The lowest BCUT2D eigenvalue weighted by Gasteiger charge is -2.13. The van der Waals surface area contributed by atoms with Gasteiger partial charge in [0.15, 0.2) is 0 Å². The molecule has 0 radical (unpaired) electrons. The third kappa shape index (κ3) is 5.17. The number of carbonyl (C=O) groups excluding carboxylic acids is 1. The molecule has 0 fully saturated rings. The molecule has 4 N–H and O–H groups in total. The zero-order chi connectivity index (χ0) is 23.2. The Hall–Kier alpha value is -3.79. The van der Waals surface area contributed by atoms with E-state index in [-0.39, 0.29) is 11.5 Å². The highest BCUT2D eigenvalue weighted by atomic mass is 19.1. The number of anilines is 2. The third-order valence-electron chi connectivity index (χ3n) is 5.22. The fraction of sp³-hybridized carbons (Fsp3) is 0.304. The van der Waals surface area contributed by atoms with Crippen LogP contribution in [0.4, 0.5) is 16.2 Å². The number of nitrogens with two attached hydrogens (primary N) is 1. The van der Waals surface area contributed by atoms with Crippen molar-refractivity contribution >= 4 is 17.7 Å². The molecular formula is C23H25FN6O3. The van der Waals surface area contributed by atoms with Crippen LogP contribution in [0, 0.1) is 5.82 Å². The monoisotopic (exact) mass is 452 g/mol. The summed E-state index contributed by atoms with van der Waals surface area (Å²) in [7, 11) is 1.59. The van der Waals surface area contributed by atoms with Gasteiger partial charge in [0.05, 0.1) is 23.4 Å². The molecule has 1 amide bonds. The summed E-state index contributed by atoms with van der Waals surface area (Å²) in [6.07, 6.45) is 4.61. The number of hydrogen-bond acceptors (Lipinski definition) is 8. The molecule has 3 aromatic rings. The van der Waals surface area contributed by atoms with E-state index in [2.05, 4.69) is 25.6 Å². The van der Waals surface area contributed by atoms with Crippen LogP contribution in [0.1, 0.15) is 27.9 Å². The van der Waals surface area contributed by atoms with Crippen molar-refractivity contribution < 1.29 is 18.7 Å². The molecule has 0 aliphatic carbocycles. The van der Waals surface area contributed by atoms with E-state index < -0.39 is 11.7 Å². The number of halogens is 1. The Labute approximate surface area is 190 Å². The highest BCUT2D eigenvalue weighted by Gasteiger charge is 2.23. The number of benzene rings is 1. The second-order valence-corrected chi connectivity index (χ2v) is 7.50. The minimum Gasteiger partial charge on any atom is -0.492 e. The SMILES string of the molecule is COCCCNC(=O)c1cc(CNc2ncc(-c3ccnc(N)n3)c3c2CCO3)ccc1F. The predicted molar refractivity (Wildman–Crippen MR) is 121 cm³/mol. The van der Waals surface area contributed by atoms with E-state index in [0.717, 1.165) is 16.7 Å². The Morgan fingerprint density at radius 3 is 3.00 bits per heavy atom. The van der Waals surface area contributed by atoms with Crippen LogP contribution in [-0.4, -0.2) is 47.7 Å². The summed E-state index contributed by atoms with van der Waals surface area (Å²) in [5.74, 6) is 0.538. The van der Waals surface area contributed by atoms with E-state index in [1.807, 2.05) is 0 Å². The average Bonchev–Trinajstić information content (AvgIpc) is 3.31. The van der Waals surface area contributed by atoms with Gasteiger partial charge in [-0.15, -0.1) is 0 Å². The fourth-order valence-electron chi connectivity index (χ4n) is 3.60. The number of nitrogens with zero attached hydrogens (tertiary/aromatic N) is 3. The molecule has 1 aromatic carbocycles. The largest absolute Gasteiger partial charge is 0.492 e. The lowest BCUT2D eigenvalue weighted by Crippen LogP contribution is -2.26. The first-order chi connectivity index (χ1) is 16.1. The highest BCUT2D eigenvalue weighted by molar-refractivity contribution is 5.94. The van der Waals surface area contributed by atoms with Crippen molar-refractivity contribution in [2.45, 2.75) is 19.4 Å². The Bertz CT molecular complexity index is 1160. The zero-order valence-corrected chi connectivity index (χ0v) is 18.2. The molecule has 9 nitrogen and oxygen atoms in total. The van der Waals surface area contributed by atoms with Gasteiger partial charge < -0.3 is 25.8 Å². The number of aromatic nitrogens is 3. The van der Waals surface area contributed by atoms with E-state index >= 15 is 0 Å². The third-order valence-corrected chi connectivity index (χ3v) is 5.22. The van der Waals surface area contributed by atoms with E-state index in [9.17, 15) is 9.18 Å². The molecule has 10 heteroatoms. The van der Waals surface area contributed by atoms with Crippen LogP contribution in [-0.2, 0) is 17.7 Å². The van der Waals surface area contributed by atoms with Crippen molar-refractivity contribution in [1.29, 1.82) is 0 Å². The van der Waals surface area contributed by atoms with Crippen LogP contribution in [0.2, 0.25) is 0 Å². The summed E-state index contributed by atoms with van der Waals surface area (Å²) in [5.41, 5.74) is 8.78. The van der Waals surface area contributed by atoms with E-state index in [1.54, 1.807) is 37.7 Å². The van der Waals surface area contributed by atoms with Crippen LogP contribution in [0.25, 0.3) is 11.3 Å². The summed E-state index contributed by atoms with van der Waals surface area (Å²) in [6.45, 7) is 1.84. The van der Waals surface area contributed by atoms with Crippen LogP contribution in [0.15, 0.2) is 36.7 Å². The number of ether oxygens (including phenoxy) is 2. The minimum atomic E-state index is -0.566. The number of fused-ring (bicyclic) bond motifs is 1. The van der Waals surface area contributed by atoms with Gasteiger partial charge in [0, 0.05) is 51.2 Å². The van der Waals surface area contributed by atoms with E-state index in [1.165, 1.54) is 6.07 Å². The second kappa shape index (κ2) is 10.2. The van der Waals surface area contributed by atoms with Gasteiger partial charge in [-0.05, 0) is 30.2 Å². The highest BCUT2D eigenvalue weighted by Crippen LogP contribution is 2.39. The Morgan fingerprint density at radius 2 is 2.18 bits per heavy atom. The van der Waals surface area contributed by atoms with E-state index in [0.29, 0.717) is 56.4 Å². The number of amides is 1. The van der Waals surface area contributed by atoms with Gasteiger partial charge >= 0.3 is 0 Å². The maximum absolute atomic E-state index is 14.2. The molecule has 0 atom stereocenters. The van der Waals surface area contributed by atoms with Crippen molar-refractivity contribution in [3.05, 3.63) is 59.2 Å². The summed E-state index contributed by atoms with van der Waals surface area (Å²) in [6, 6.07) is 6.23. The summed E-state index contributed by atoms with van der Waals surface area (Å²) < 4.78 is 25.0. The van der Waals surface area contributed by atoms with Crippen LogP contribution in [0.5, 0.6) is 5.75 Å². The standard InChI is InChI=1S/C23H25FN6O3/c1-32-9-2-7-26-22(31)16-11-14(3-4-18(16)24)12-28-21-15-6-10-33-20(15)17(13-29-21)19-5-8-27-23(25)30-19/h3-5,8,11,13H,2,6-7,9-10,12H2,1H3,(H,26,31)(H,28,29)(H2,25,27,30). The van der Waals surface area contributed by atoms with Crippen molar-refractivity contribution in [1.82, 2.24) is 20.3 Å². The molecular weight excluding hydrogens is 427 g/mol. The van der Waals surface area contributed by atoms with Crippen molar-refractivity contribution in [3.63, 3.8) is 0 Å². The molecule has 1 aliphatic heterocycles. The Morgan fingerprint density at radius 1 is 1.30 bits per heavy atom. The van der Waals surface area contributed by atoms with Gasteiger partial charge in [-0.3, -0.25) is 4.79 Å². The Balaban J connectivity index is 1.48. The van der Waals surface area contributed by atoms with Crippen LogP contribution >= 0.6 is 0 Å². The lowest BCUT2D eigenvalue weighted by molar-refractivity contribution is 0.0944. The molecule has 0 saturated carbocycles. The zero-order valence-electron chi connectivity index (χ0n) is 18.2. The molecule has 3 heterocycles. The number of nitrogen functional groups attached to an aromatic ring is 1. The molecule has 2 aromatic heterocycles. The van der Waals surface area contributed by atoms with Gasteiger partial charge in [0.25, 0.3) is 5.91 Å². The lowest BCUT2D eigenvalue weighted by atomic mass is 10.1. The van der Waals surface area contributed by atoms with Crippen molar-refractivity contribution in [3.8, 4) is 17.0 Å². The molecule has 0 unspecified atom stereocenters. The second-order valence-electron chi connectivity index (χ2n) is 7.50. The van der Waals surface area contributed by atoms with Gasteiger partial charge in [-0.25, -0.2) is 19.3 Å². The van der Waals surface area contributed by atoms with Gasteiger partial charge in [-0.2, -0.15) is 0 Å². The van der Waals surface area contributed by atoms with Gasteiger partial charge in [0.2, 0.25) is 5.95 Å². The first kappa shape index (κ1) is 22.4. The summed E-state index contributed by atoms with van der Waals surface area (Å²) in [4.78, 5) is 25.1. The molecule has 4 rings (SSSR count). The fourth-order valence-corrected chi connectivity index (χ4v) is 3.60. The number of methoxy groups -OCH3 is 1. The first-order valence-electron chi connectivity index (χ1n) is 10.6. The van der Waals surface area contributed by atoms with E-state index in [4.69, 9.17) is 15.2 Å². The van der Waals surface area contributed by atoms with Crippen molar-refractivity contribution in [2.75, 3.05) is 37.9 Å². The quantitative estimate of drug-likeness (QED) is 0.423. The summed E-state index contributed by atoms with van der Waals surface area (Å²) >= 11 is 0. The normalized spacial score (nSPS) is 12.2. The van der Waals surface area contributed by atoms with Crippen molar-refractivity contribution in [2.24, 2.45) is 0 Å². The van der Waals surface area contributed by atoms with Gasteiger partial charge in [0.1, 0.15) is 17.4 Å². The predicted octanol–water partition coefficient (Wildman–Crippen LogP) is 2.57. The topological polar surface area (TPSA) is 124 Å². The number of hydrogen-bond donors (Lipinski definition) is 3. The molecule has 172 valence electrons. The number of carbonyl (C=O) groups is 1. The van der Waals surface area contributed by atoms with Gasteiger partial charge in [-0.1, -0.05) is 6.07 Å². The maximum Gasteiger partial charge on any atom is 0.254 e. The van der Waals surface area contributed by atoms with Crippen LogP contribution < -0.4 is 21.1 Å². The summed E-state index contributed by atoms with van der Waals surface area (Å²) in [5, 5.41) is 5.99. The average molecular weight is 452 g/mol. The number of pyridine rings is 1. The molecule has 0 spiro atoms. The minimum absolute atomic E-state index is 0.00457. The number of rotatable bonds is 9. The molecule has 0 bridgehead atoms. The molecule has 1 aliphatic rings. The molecule has 33 heavy (non-hydrogen) atoms.